The number of hydrogen-bond acceptors (Lipinski definition) is 6. The largest absolute Gasteiger partial charge is 0.455 e. The summed E-state index contributed by atoms with van der Waals surface area (Å²) in [6, 6.07) is 56.4. The van der Waals surface area contributed by atoms with Gasteiger partial charge < -0.3 is 8.98 Å². The molecule has 11 rings (SSSR count). The Balaban J connectivity index is 1.06. The number of rotatable bonds is 5. The number of hydrogen-bond donors (Lipinski definition) is 0. The average molecular weight is 698 g/mol. The molecular formula is C46H27N5OS. The summed E-state index contributed by atoms with van der Waals surface area (Å²) < 4.78 is 9.92. The van der Waals surface area contributed by atoms with Crippen molar-refractivity contribution in [1.29, 1.82) is 0 Å². The van der Waals surface area contributed by atoms with Gasteiger partial charge in [0.25, 0.3) is 0 Å². The topological polar surface area (TPSA) is 69.6 Å². The van der Waals surface area contributed by atoms with Crippen molar-refractivity contribution in [3.8, 4) is 50.4 Å². The summed E-state index contributed by atoms with van der Waals surface area (Å²) in [6.45, 7) is 0. The highest BCUT2D eigenvalue weighted by Crippen LogP contribution is 2.38. The van der Waals surface area contributed by atoms with Crippen LogP contribution in [0.25, 0.3) is 104 Å². The van der Waals surface area contributed by atoms with E-state index in [4.69, 9.17) is 24.4 Å². The molecule has 0 aliphatic rings. The van der Waals surface area contributed by atoms with Crippen molar-refractivity contribution >= 4 is 65.3 Å². The van der Waals surface area contributed by atoms with Gasteiger partial charge in [-0.05, 0) is 60.7 Å². The second kappa shape index (κ2) is 11.8. The number of thiazole rings is 1. The minimum atomic E-state index is 0.562. The number of nitrogens with zero attached hydrogens (tertiary/aromatic N) is 5. The molecule has 6 nitrogen and oxygen atoms in total. The molecule has 7 heteroatoms. The molecule has 0 aliphatic heterocycles. The van der Waals surface area contributed by atoms with E-state index in [1.54, 1.807) is 11.3 Å². The average Bonchev–Trinajstić information content (AvgIpc) is 3.93. The van der Waals surface area contributed by atoms with Crippen LogP contribution in [-0.4, -0.2) is 24.5 Å². The number of para-hydroxylation sites is 4. The maximum atomic E-state index is 6.40. The van der Waals surface area contributed by atoms with E-state index < -0.39 is 0 Å². The molecule has 4 heterocycles. The van der Waals surface area contributed by atoms with Gasteiger partial charge in [-0.15, -0.1) is 11.3 Å². The van der Waals surface area contributed by atoms with Crippen molar-refractivity contribution in [3.63, 3.8) is 0 Å². The Bertz CT molecular complexity index is 3140. The van der Waals surface area contributed by atoms with Crippen molar-refractivity contribution in [2.24, 2.45) is 0 Å². The van der Waals surface area contributed by atoms with Crippen molar-refractivity contribution in [3.05, 3.63) is 164 Å². The van der Waals surface area contributed by atoms with E-state index in [0.29, 0.717) is 17.5 Å². The quantitative estimate of drug-likeness (QED) is 0.179. The smallest absolute Gasteiger partial charge is 0.167 e. The highest BCUT2D eigenvalue weighted by molar-refractivity contribution is 7.21. The van der Waals surface area contributed by atoms with Crippen molar-refractivity contribution in [2.45, 2.75) is 0 Å². The zero-order valence-electron chi connectivity index (χ0n) is 28.1. The van der Waals surface area contributed by atoms with Gasteiger partial charge in [-0.2, -0.15) is 0 Å². The maximum absolute atomic E-state index is 6.40. The molecule has 0 unspecified atom stereocenters. The summed E-state index contributed by atoms with van der Waals surface area (Å²) in [4.78, 5) is 20.1. The molecule has 11 aromatic rings. The highest BCUT2D eigenvalue weighted by atomic mass is 32.1. The van der Waals surface area contributed by atoms with Gasteiger partial charge >= 0.3 is 0 Å². The lowest BCUT2D eigenvalue weighted by atomic mass is 10.1. The normalized spacial score (nSPS) is 11.8. The van der Waals surface area contributed by atoms with Crippen LogP contribution in [0.2, 0.25) is 0 Å². The number of benzene rings is 7. The third kappa shape index (κ3) is 4.86. The van der Waals surface area contributed by atoms with Crippen LogP contribution in [0.5, 0.6) is 0 Å². The van der Waals surface area contributed by atoms with Gasteiger partial charge in [0.05, 0.1) is 26.8 Å². The molecule has 0 bridgehead atoms. The highest BCUT2D eigenvalue weighted by Gasteiger charge is 2.19. The van der Waals surface area contributed by atoms with Gasteiger partial charge in [-0.1, -0.05) is 103 Å². The first-order valence-corrected chi connectivity index (χ1v) is 18.3. The molecule has 0 atom stereocenters. The van der Waals surface area contributed by atoms with E-state index in [0.717, 1.165) is 71.4 Å². The fourth-order valence-corrected chi connectivity index (χ4v) is 8.36. The van der Waals surface area contributed by atoms with E-state index >= 15 is 0 Å². The van der Waals surface area contributed by atoms with Gasteiger partial charge in [0.15, 0.2) is 17.5 Å². The first-order valence-electron chi connectivity index (χ1n) is 17.5. The molecule has 0 radical (unpaired) electrons. The van der Waals surface area contributed by atoms with E-state index in [-0.39, 0.29) is 0 Å². The summed E-state index contributed by atoms with van der Waals surface area (Å²) in [5.41, 5.74) is 9.67. The molecule has 0 fully saturated rings. The first kappa shape index (κ1) is 29.7. The first-order chi connectivity index (χ1) is 26.2. The standard InChI is InChI=1S/C46H27N5OS/c1-2-11-28(12-3-1)43-48-44(50-45(49-43)36-16-10-15-35-34-14-5-8-19-40(34)52-42(35)36)29-21-24-31(25-22-29)51-38-18-7-4-13-32(38)33-26-23-30(27-39(33)51)46-47-37-17-6-9-20-41(37)53-46/h1-27H. The predicted molar refractivity (Wildman–Crippen MR) is 216 cm³/mol. The van der Waals surface area contributed by atoms with E-state index in [9.17, 15) is 0 Å². The summed E-state index contributed by atoms with van der Waals surface area (Å²) in [5, 5.41) is 5.51. The number of furan rings is 1. The second-order valence-corrected chi connectivity index (χ2v) is 14.1. The molecule has 0 aliphatic carbocycles. The van der Waals surface area contributed by atoms with Crippen LogP contribution in [0.4, 0.5) is 0 Å². The summed E-state index contributed by atoms with van der Waals surface area (Å²) in [5.74, 6) is 1.76. The zero-order valence-corrected chi connectivity index (χ0v) is 29.0. The van der Waals surface area contributed by atoms with Crippen LogP contribution >= 0.6 is 11.3 Å². The van der Waals surface area contributed by atoms with Crippen molar-refractivity contribution in [2.75, 3.05) is 0 Å². The van der Waals surface area contributed by atoms with Gasteiger partial charge in [0.1, 0.15) is 16.2 Å². The Kier molecular flexibility index (Phi) is 6.62. The van der Waals surface area contributed by atoms with Crippen LogP contribution in [0.1, 0.15) is 0 Å². The van der Waals surface area contributed by atoms with E-state index in [1.165, 1.54) is 15.5 Å². The maximum Gasteiger partial charge on any atom is 0.167 e. The molecule has 4 aromatic heterocycles. The van der Waals surface area contributed by atoms with Gasteiger partial charge in [0, 0.05) is 43.9 Å². The number of aromatic nitrogens is 5. The van der Waals surface area contributed by atoms with Crippen LogP contribution in [0.15, 0.2) is 168 Å². The van der Waals surface area contributed by atoms with Crippen molar-refractivity contribution < 1.29 is 4.42 Å². The van der Waals surface area contributed by atoms with Gasteiger partial charge in [-0.3, -0.25) is 0 Å². The molecule has 53 heavy (non-hydrogen) atoms. The monoisotopic (exact) mass is 697 g/mol. The SMILES string of the molecule is c1ccc(-c2nc(-c3ccc(-n4c5ccccc5c5ccc(-c6nc7ccccc7s6)cc54)cc3)nc(-c3cccc4c3oc3ccccc34)n2)cc1. The molecular weight excluding hydrogens is 671 g/mol. The minimum absolute atomic E-state index is 0.562. The fraction of sp³-hybridized carbons (Fsp3) is 0. The van der Waals surface area contributed by atoms with E-state index in [1.807, 2.05) is 66.7 Å². The molecule has 0 amide bonds. The minimum Gasteiger partial charge on any atom is -0.455 e. The molecule has 0 saturated carbocycles. The Hall–Kier alpha value is -6.96. The summed E-state index contributed by atoms with van der Waals surface area (Å²) in [7, 11) is 0. The molecule has 7 aromatic carbocycles. The van der Waals surface area contributed by atoms with Crippen LogP contribution < -0.4 is 0 Å². The lowest BCUT2D eigenvalue weighted by molar-refractivity contribution is 0.669. The third-order valence-corrected chi connectivity index (χ3v) is 11.0. The lowest BCUT2D eigenvalue weighted by Crippen LogP contribution is -2.00. The Morgan fingerprint density at radius 3 is 1.96 bits per heavy atom. The zero-order chi connectivity index (χ0) is 34.9. The van der Waals surface area contributed by atoms with Gasteiger partial charge in [-0.25, -0.2) is 19.9 Å². The third-order valence-electron chi connectivity index (χ3n) is 9.91. The molecule has 0 saturated heterocycles. The summed E-state index contributed by atoms with van der Waals surface area (Å²) in [6.07, 6.45) is 0. The Morgan fingerprint density at radius 1 is 0.453 bits per heavy atom. The van der Waals surface area contributed by atoms with Crippen LogP contribution in [0.3, 0.4) is 0 Å². The second-order valence-electron chi connectivity index (χ2n) is 13.1. The van der Waals surface area contributed by atoms with Gasteiger partial charge in [0.2, 0.25) is 0 Å². The molecule has 248 valence electrons. The molecule has 0 spiro atoms. The van der Waals surface area contributed by atoms with E-state index in [2.05, 4.69) is 102 Å². The molecule has 0 N–H and O–H groups in total. The summed E-state index contributed by atoms with van der Waals surface area (Å²) >= 11 is 1.72. The Labute approximate surface area is 307 Å². The van der Waals surface area contributed by atoms with Crippen molar-refractivity contribution in [1.82, 2.24) is 24.5 Å². The fourth-order valence-electron chi connectivity index (χ4n) is 7.40. The number of fused-ring (bicyclic) bond motifs is 7. The lowest BCUT2D eigenvalue weighted by Gasteiger charge is -2.11. The predicted octanol–water partition coefficient (Wildman–Crippen LogP) is 12.1. The van der Waals surface area contributed by atoms with Crippen LogP contribution in [-0.2, 0) is 0 Å². The Morgan fingerprint density at radius 2 is 1.11 bits per heavy atom. The van der Waals surface area contributed by atoms with Crippen LogP contribution in [0, 0.1) is 0 Å².